The maximum absolute atomic E-state index is 11.7. The second-order valence-corrected chi connectivity index (χ2v) is 6.85. The first kappa shape index (κ1) is 16.8. The predicted octanol–water partition coefficient (Wildman–Crippen LogP) is 2.81. The van der Waals surface area contributed by atoms with Gasteiger partial charge in [-0.05, 0) is 29.7 Å². The van der Waals surface area contributed by atoms with Crippen LogP contribution in [0.15, 0.2) is 36.5 Å². The van der Waals surface area contributed by atoms with Crippen LogP contribution in [0.3, 0.4) is 0 Å². The average Bonchev–Trinajstić information content (AvgIpc) is 2.88. The van der Waals surface area contributed by atoms with Crippen molar-refractivity contribution >= 4 is 23.3 Å². The van der Waals surface area contributed by atoms with E-state index in [0.29, 0.717) is 23.0 Å². The van der Waals surface area contributed by atoms with Gasteiger partial charge >= 0.3 is 6.03 Å². The zero-order valence-corrected chi connectivity index (χ0v) is 14.4. The molecule has 0 unspecified atom stereocenters. The Hall–Kier alpha value is -3.09. The van der Waals surface area contributed by atoms with E-state index in [-0.39, 0.29) is 17.9 Å². The molecule has 1 fully saturated rings. The van der Waals surface area contributed by atoms with Crippen LogP contribution in [0.4, 0.5) is 16.2 Å². The number of imide groups is 1. The zero-order chi connectivity index (χ0) is 18.2. The van der Waals surface area contributed by atoms with Gasteiger partial charge in [0.15, 0.2) is 0 Å². The van der Waals surface area contributed by atoms with Gasteiger partial charge in [-0.25, -0.2) is 14.7 Å². The Morgan fingerprint density at radius 2 is 1.96 bits per heavy atom. The molecule has 0 aliphatic carbocycles. The smallest absolute Gasteiger partial charge is 0.329 e. The molecule has 0 saturated carbocycles. The van der Waals surface area contributed by atoms with E-state index >= 15 is 0 Å². The highest BCUT2D eigenvalue weighted by Crippen LogP contribution is 2.35. The van der Waals surface area contributed by atoms with Crippen LogP contribution in [-0.4, -0.2) is 23.5 Å². The second kappa shape index (κ2) is 6.08. The Kier molecular flexibility index (Phi) is 4.08. The minimum Gasteiger partial charge on any atom is -0.439 e. The first-order chi connectivity index (χ1) is 11.8. The Labute approximate surface area is 145 Å². The summed E-state index contributed by atoms with van der Waals surface area (Å²) in [5, 5.41) is 2.47. The predicted molar refractivity (Wildman–Crippen MR) is 94.8 cm³/mol. The molecule has 3 amide bonds. The minimum atomic E-state index is -0.450. The number of nitrogens with one attached hydrogen (secondary N) is 1. The molecule has 1 saturated heterocycles. The first-order valence-corrected chi connectivity index (χ1v) is 7.90. The van der Waals surface area contributed by atoms with E-state index in [9.17, 15) is 9.59 Å². The summed E-state index contributed by atoms with van der Waals surface area (Å²) >= 11 is 0. The average molecular weight is 340 g/mol. The van der Waals surface area contributed by atoms with Crippen molar-refractivity contribution in [1.82, 2.24) is 10.3 Å². The van der Waals surface area contributed by atoms with E-state index < -0.39 is 6.03 Å². The summed E-state index contributed by atoms with van der Waals surface area (Å²) in [6, 6.07) is 8.26. The number of pyridine rings is 1. The normalized spacial score (nSPS) is 14.6. The molecule has 0 atom stereocenters. The third-order valence-corrected chi connectivity index (χ3v) is 3.85. The molecule has 7 nitrogen and oxygen atoms in total. The van der Waals surface area contributed by atoms with Gasteiger partial charge in [-0.1, -0.05) is 20.8 Å². The van der Waals surface area contributed by atoms with Crippen LogP contribution in [0.5, 0.6) is 11.6 Å². The van der Waals surface area contributed by atoms with E-state index in [1.54, 1.807) is 18.2 Å². The minimum absolute atomic E-state index is 0.00252. The number of aromatic nitrogens is 1. The van der Waals surface area contributed by atoms with Crippen molar-refractivity contribution in [3.8, 4) is 11.6 Å². The molecule has 0 spiro atoms. The van der Waals surface area contributed by atoms with Gasteiger partial charge in [0, 0.05) is 17.3 Å². The van der Waals surface area contributed by atoms with Crippen LogP contribution in [-0.2, 0) is 10.2 Å². The molecule has 1 aliphatic rings. The first-order valence-electron chi connectivity index (χ1n) is 7.90. The van der Waals surface area contributed by atoms with Crippen molar-refractivity contribution in [3.63, 3.8) is 0 Å². The molecule has 0 bridgehead atoms. The molecule has 2 heterocycles. The van der Waals surface area contributed by atoms with Gasteiger partial charge in [0.1, 0.15) is 5.75 Å². The fourth-order valence-electron chi connectivity index (χ4n) is 2.58. The number of nitrogens with two attached hydrogens (primary N) is 1. The number of ether oxygens (including phenoxy) is 1. The van der Waals surface area contributed by atoms with E-state index in [0.717, 1.165) is 10.5 Å². The molecule has 2 aromatic rings. The summed E-state index contributed by atoms with van der Waals surface area (Å²) in [6.07, 6.45) is 1.44. The highest BCUT2D eigenvalue weighted by molar-refractivity contribution is 6.19. The summed E-state index contributed by atoms with van der Waals surface area (Å²) in [6.45, 7) is 6.21. The number of anilines is 2. The maximum Gasteiger partial charge on any atom is 0.329 e. The van der Waals surface area contributed by atoms with Gasteiger partial charge in [-0.3, -0.25) is 4.79 Å². The lowest BCUT2D eigenvalue weighted by Crippen LogP contribution is -2.30. The largest absolute Gasteiger partial charge is 0.439 e. The van der Waals surface area contributed by atoms with Gasteiger partial charge in [-0.15, -0.1) is 0 Å². The van der Waals surface area contributed by atoms with Crippen LogP contribution < -0.4 is 20.7 Å². The molecule has 1 aromatic carbocycles. The Balaban J connectivity index is 1.85. The summed E-state index contributed by atoms with van der Waals surface area (Å²) in [5.41, 5.74) is 7.77. The lowest BCUT2D eigenvalue weighted by atomic mass is 9.86. The Bertz CT molecular complexity index is 809. The van der Waals surface area contributed by atoms with Gasteiger partial charge < -0.3 is 15.8 Å². The lowest BCUT2D eigenvalue weighted by molar-refractivity contribution is -0.115. The molecular weight excluding hydrogens is 320 g/mol. The maximum atomic E-state index is 11.7. The van der Waals surface area contributed by atoms with Crippen molar-refractivity contribution in [2.45, 2.75) is 26.2 Å². The zero-order valence-electron chi connectivity index (χ0n) is 14.4. The van der Waals surface area contributed by atoms with E-state index in [2.05, 4.69) is 31.1 Å². The fraction of sp³-hybridized carbons (Fsp3) is 0.278. The van der Waals surface area contributed by atoms with E-state index in [1.165, 1.54) is 6.20 Å². The number of nitrogen functional groups attached to an aromatic ring is 1. The van der Waals surface area contributed by atoms with Gasteiger partial charge in [-0.2, -0.15) is 0 Å². The van der Waals surface area contributed by atoms with Crippen molar-refractivity contribution in [2.75, 3.05) is 17.2 Å². The molecule has 0 radical (unpaired) electrons. The Morgan fingerprint density at radius 3 is 2.52 bits per heavy atom. The number of nitrogens with zero attached hydrogens (tertiary/aromatic N) is 2. The fourth-order valence-corrected chi connectivity index (χ4v) is 2.58. The molecule has 3 rings (SSSR count). The van der Waals surface area contributed by atoms with Gasteiger partial charge in [0.25, 0.3) is 5.91 Å². The lowest BCUT2D eigenvalue weighted by Gasteiger charge is -2.23. The SMILES string of the molecule is CC(C)(C)c1cc(N)ccc1Oc1ccc(N2C(=O)CNC2=O)cn1. The second-order valence-electron chi connectivity index (χ2n) is 6.85. The molecule has 1 aromatic heterocycles. The van der Waals surface area contributed by atoms with Gasteiger partial charge in [0.2, 0.25) is 5.88 Å². The number of hydrogen-bond donors (Lipinski definition) is 2. The molecule has 1 aliphatic heterocycles. The van der Waals surface area contributed by atoms with Gasteiger partial charge in [0.05, 0.1) is 18.4 Å². The third-order valence-electron chi connectivity index (χ3n) is 3.85. The van der Waals surface area contributed by atoms with Crippen LogP contribution in [0.2, 0.25) is 0 Å². The summed E-state index contributed by atoms with van der Waals surface area (Å²) in [5.74, 6) is 0.719. The molecule has 7 heteroatoms. The number of hydrogen-bond acceptors (Lipinski definition) is 5. The topological polar surface area (TPSA) is 97.5 Å². The van der Waals surface area contributed by atoms with Crippen LogP contribution >= 0.6 is 0 Å². The van der Waals surface area contributed by atoms with Crippen molar-refractivity contribution in [3.05, 3.63) is 42.1 Å². The number of urea groups is 1. The van der Waals surface area contributed by atoms with Crippen LogP contribution in [0.1, 0.15) is 26.3 Å². The highest BCUT2D eigenvalue weighted by Gasteiger charge is 2.30. The summed E-state index contributed by atoms with van der Waals surface area (Å²) in [4.78, 5) is 28.7. The standard InChI is InChI=1S/C18H20N4O3/c1-18(2,3)13-8-11(19)4-6-14(13)25-15-7-5-12(9-20-15)22-16(23)10-21-17(22)24/h4-9H,10,19H2,1-3H3,(H,21,24). The van der Waals surface area contributed by atoms with E-state index in [1.807, 2.05) is 12.1 Å². The third kappa shape index (κ3) is 3.40. The number of carbonyl (C=O) groups is 2. The Morgan fingerprint density at radius 1 is 1.20 bits per heavy atom. The summed E-state index contributed by atoms with van der Waals surface area (Å²) < 4.78 is 5.89. The number of amides is 3. The van der Waals surface area contributed by atoms with Crippen molar-refractivity contribution in [2.24, 2.45) is 0 Å². The summed E-state index contributed by atoms with van der Waals surface area (Å²) in [7, 11) is 0. The van der Waals surface area contributed by atoms with Crippen LogP contribution in [0, 0.1) is 0 Å². The quantitative estimate of drug-likeness (QED) is 0.661. The molecular formula is C18H20N4O3. The number of benzene rings is 1. The number of carbonyl (C=O) groups excluding carboxylic acids is 2. The molecule has 25 heavy (non-hydrogen) atoms. The van der Waals surface area contributed by atoms with Crippen molar-refractivity contribution in [1.29, 1.82) is 0 Å². The monoisotopic (exact) mass is 340 g/mol. The number of rotatable bonds is 3. The van der Waals surface area contributed by atoms with Crippen LogP contribution in [0.25, 0.3) is 0 Å². The highest BCUT2D eigenvalue weighted by atomic mass is 16.5. The molecule has 130 valence electrons. The van der Waals surface area contributed by atoms with E-state index in [4.69, 9.17) is 10.5 Å². The molecule has 3 N–H and O–H groups in total. The van der Waals surface area contributed by atoms with Crippen molar-refractivity contribution < 1.29 is 14.3 Å².